The Labute approximate surface area is 107 Å². The Morgan fingerprint density at radius 1 is 1.41 bits per heavy atom. The fraction of sp³-hybridized carbons (Fsp3) is 0.700. The van der Waals surface area contributed by atoms with Gasteiger partial charge in [0.15, 0.2) is 0 Å². The molecule has 0 aliphatic rings. The summed E-state index contributed by atoms with van der Waals surface area (Å²) in [5.41, 5.74) is 0. The average Bonchev–Trinajstić information content (AvgIpc) is 2.69. The van der Waals surface area contributed by atoms with Gasteiger partial charge in [0.1, 0.15) is 0 Å². The van der Waals surface area contributed by atoms with Crippen molar-refractivity contribution in [2.45, 2.75) is 26.3 Å². The molecule has 0 bridgehead atoms. The normalized spacial score (nSPS) is 11.9. The van der Waals surface area contributed by atoms with Gasteiger partial charge in [0.05, 0.1) is 11.3 Å². The summed E-state index contributed by atoms with van der Waals surface area (Å²) in [5.74, 6) is 0. The number of thiazole rings is 1. The molecule has 0 amide bonds. The zero-order chi connectivity index (χ0) is 12.7. The van der Waals surface area contributed by atoms with Crippen molar-refractivity contribution in [2.24, 2.45) is 0 Å². The molecule has 0 saturated carbocycles. The van der Waals surface area contributed by atoms with Crippen molar-refractivity contribution < 1.29 is 8.42 Å². The number of hydrogen-bond donors (Lipinski definition) is 2. The Hall–Kier alpha value is -0.500. The van der Waals surface area contributed by atoms with E-state index >= 15 is 0 Å². The van der Waals surface area contributed by atoms with Gasteiger partial charge < -0.3 is 5.32 Å². The number of aryl methyl sites for hydroxylation is 1. The Kier molecular flexibility index (Phi) is 6.04. The maximum Gasteiger partial charge on any atom is 0.208 e. The van der Waals surface area contributed by atoms with E-state index in [9.17, 15) is 8.42 Å². The van der Waals surface area contributed by atoms with Crippen molar-refractivity contribution in [3.63, 3.8) is 0 Å². The van der Waals surface area contributed by atoms with Crippen LogP contribution in [0.3, 0.4) is 0 Å². The molecule has 0 spiro atoms. The second kappa shape index (κ2) is 7.05. The molecule has 0 atom stereocenters. The molecule has 0 aliphatic heterocycles. The maximum absolute atomic E-state index is 10.8. The molecule has 1 rings (SSSR count). The van der Waals surface area contributed by atoms with Crippen LogP contribution in [0, 0.1) is 0 Å². The summed E-state index contributed by atoms with van der Waals surface area (Å²) in [6.45, 7) is 4.17. The number of sulfonamides is 1. The Morgan fingerprint density at radius 3 is 2.76 bits per heavy atom. The highest BCUT2D eigenvalue weighted by atomic mass is 32.2. The minimum absolute atomic E-state index is 0.481. The van der Waals surface area contributed by atoms with E-state index in [1.165, 1.54) is 11.1 Å². The minimum Gasteiger partial charge on any atom is -0.312 e. The smallest absolute Gasteiger partial charge is 0.208 e. The molecule has 0 unspecified atom stereocenters. The summed E-state index contributed by atoms with van der Waals surface area (Å²) in [6.07, 6.45) is 4.82. The van der Waals surface area contributed by atoms with Crippen LogP contribution in [0.5, 0.6) is 0 Å². The zero-order valence-corrected chi connectivity index (χ0v) is 11.8. The Bertz CT molecular complexity index is 429. The van der Waals surface area contributed by atoms with Gasteiger partial charge >= 0.3 is 0 Å². The molecule has 1 aromatic heterocycles. The molecule has 0 aromatic carbocycles. The minimum atomic E-state index is -3.05. The van der Waals surface area contributed by atoms with Crippen LogP contribution in [0.4, 0.5) is 0 Å². The zero-order valence-electron chi connectivity index (χ0n) is 10.2. The van der Waals surface area contributed by atoms with Crippen LogP contribution in [0.25, 0.3) is 0 Å². The van der Waals surface area contributed by atoms with Crippen molar-refractivity contribution in [3.8, 4) is 0 Å². The standard InChI is InChI=1S/C10H19N3O2S2/c1-3-10-12-8-9(16-10)7-11-5-4-6-13-17(2,14)15/h8,11,13H,3-7H2,1-2H3. The van der Waals surface area contributed by atoms with E-state index < -0.39 is 10.0 Å². The molecular formula is C10H19N3O2S2. The molecule has 1 aromatic rings. The summed E-state index contributed by atoms with van der Waals surface area (Å²) < 4.78 is 24.0. The highest BCUT2D eigenvalue weighted by Gasteiger charge is 2.00. The third kappa shape index (κ3) is 6.72. The van der Waals surface area contributed by atoms with Crippen molar-refractivity contribution in [3.05, 3.63) is 16.1 Å². The van der Waals surface area contributed by atoms with E-state index in [-0.39, 0.29) is 0 Å². The summed E-state index contributed by atoms with van der Waals surface area (Å²) in [5, 5.41) is 4.41. The molecule has 5 nitrogen and oxygen atoms in total. The lowest BCUT2D eigenvalue weighted by Gasteiger charge is -2.03. The number of nitrogens with one attached hydrogen (secondary N) is 2. The van der Waals surface area contributed by atoms with Crippen molar-refractivity contribution in [1.82, 2.24) is 15.0 Å². The molecule has 1 heterocycles. The van der Waals surface area contributed by atoms with Crippen molar-refractivity contribution in [1.29, 1.82) is 0 Å². The summed E-state index contributed by atoms with van der Waals surface area (Å²) in [4.78, 5) is 5.49. The van der Waals surface area contributed by atoms with E-state index in [0.29, 0.717) is 6.54 Å². The molecular weight excluding hydrogens is 258 g/mol. The predicted octanol–water partition coefficient (Wildman–Crippen LogP) is 0.734. The highest BCUT2D eigenvalue weighted by Crippen LogP contribution is 2.12. The largest absolute Gasteiger partial charge is 0.312 e. The van der Waals surface area contributed by atoms with E-state index in [0.717, 1.165) is 30.9 Å². The van der Waals surface area contributed by atoms with Crippen LogP contribution < -0.4 is 10.0 Å². The number of aromatic nitrogens is 1. The van der Waals surface area contributed by atoms with Gasteiger partial charge in [0, 0.05) is 24.2 Å². The van der Waals surface area contributed by atoms with Gasteiger partial charge in [-0.2, -0.15) is 0 Å². The molecule has 0 aliphatic carbocycles. The summed E-state index contributed by atoms with van der Waals surface area (Å²) >= 11 is 1.72. The molecule has 2 N–H and O–H groups in total. The van der Waals surface area contributed by atoms with Gasteiger partial charge in [-0.05, 0) is 19.4 Å². The fourth-order valence-corrected chi connectivity index (χ4v) is 2.62. The first-order valence-corrected chi connectivity index (χ1v) is 8.31. The number of rotatable bonds is 8. The monoisotopic (exact) mass is 277 g/mol. The van der Waals surface area contributed by atoms with Crippen LogP contribution >= 0.6 is 11.3 Å². The molecule has 98 valence electrons. The molecule has 7 heteroatoms. The topological polar surface area (TPSA) is 71.1 Å². The van der Waals surface area contributed by atoms with Crippen molar-refractivity contribution in [2.75, 3.05) is 19.3 Å². The number of hydrogen-bond acceptors (Lipinski definition) is 5. The second-order valence-electron chi connectivity index (χ2n) is 3.77. The third-order valence-electron chi connectivity index (χ3n) is 2.10. The van der Waals surface area contributed by atoms with Crippen LogP contribution in [0.1, 0.15) is 23.2 Å². The number of nitrogens with zero attached hydrogens (tertiary/aromatic N) is 1. The molecule has 0 saturated heterocycles. The lowest BCUT2D eigenvalue weighted by molar-refractivity contribution is 0.579. The first kappa shape index (κ1) is 14.6. The van der Waals surface area contributed by atoms with Crippen LogP contribution in [-0.2, 0) is 23.0 Å². The molecule has 17 heavy (non-hydrogen) atoms. The van der Waals surface area contributed by atoms with Gasteiger partial charge in [-0.3, -0.25) is 0 Å². The average molecular weight is 277 g/mol. The molecule has 0 radical (unpaired) electrons. The van der Waals surface area contributed by atoms with Gasteiger partial charge in [0.2, 0.25) is 10.0 Å². The third-order valence-corrected chi connectivity index (χ3v) is 3.97. The van der Waals surface area contributed by atoms with E-state index in [1.807, 2.05) is 6.20 Å². The predicted molar refractivity (Wildman–Crippen MR) is 70.7 cm³/mol. The van der Waals surface area contributed by atoms with Crippen LogP contribution in [0.2, 0.25) is 0 Å². The van der Waals surface area contributed by atoms with Gasteiger partial charge in [-0.15, -0.1) is 11.3 Å². The summed E-state index contributed by atoms with van der Waals surface area (Å²) in [7, 11) is -3.05. The van der Waals surface area contributed by atoms with E-state index in [1.54, 1.807) is 11.3 Å². The van der Waals surface area contributed by atoms with Gasteiger partial charge in [0.25, 0.3) is 0 Å². The second-order valence-corrected chi connectivity index (χ2v) is 6.80. The fourth-order valence-electron chi connectivity index (χ4n) is 1.28. The maximum atomic E-state index is 10.8. The van der Waals surface area contributed by atoms with Crippen LogP contribution in [0.15, 0.2) is 6.20 Å². The van der Waals surface area contributed by atoms with Crippen molar-refractivity contribution >= 4 is 21.4 Å². The Morgan fingerprint density at radius 2 is 2.18 bits per heavy atom. The van der Waals surface area contributed by atoms with Gasteiger partial charge in [-0.1, -0.05) is 6.92 Å². The first-order valence-electron chi connectivity index (χ1n) is 5.60. The quantitative estimate of drug-likeness (QED) is 0.687. The van der Waals surface area contributed by atoms with E-state index in [2.05, 4.69) is 21.9 Å². The highest BCUT2D eigenvalue weighted by molar-refractivity contribution is 7.88. The summed E-state index contributed by atoms with van der Waals surface area (Å²) in [6, 6.07) is 0. The SMILES string of the molecule is CCc1ncc(CNCCCNS(C)(=O)=O)s1. The lowest BCUT2D eigenvalue weighted by atomic mass is 10.4. The first-order chi connectivity index (χ1) is 8.01. The van der Waals surface area contributed by atoms with E-state index in [4.69, 9.17) is 0 Å². The van der Waals surface area contributed by atoms with Gasteiger partial charge in [-0.25, -0.2) is 18.1 Å². The molecule has 0 fully saturated rings. The van der Waals surface area contributed by atoms with Crippen LogP contribution in [-0.4, -0.2) is 32.7 Å². The lowest BCUT2D eigenvalue weighted by Crippen LogP contribution is -2.26. The Balaban J connectivity index is 2.08.